The number of methoxy groups -OCH3 is 2. The van der Waals surface area contributed by atoms with Gasteiger partial charge >= 0.3 is 0 Å². The highest BCUT2D eigenvalue weighted by atomic mass is 16.5. The van der Waals surface area contributed by atoms with E-state index in [1.165, 1.54) is 0 Å². The molecule has 1 heterocycles. The number of aliphatic hydroxyl groups excluding tert-OH is 1. The minimum absolute atomic E-state index is 0.0490. The molecule has 1 aromatic heterocycles. The van der Waals surface area contributed by atoms with Gasteiger partial charge in [0, 0.05) is 25.9 Å². The molecule has 0 radical (unpaired) electrons. The average Bonchev–Trinajstić information content (AvgIpc) is 2.35. The van der Waals surface area contributed by atoms with E-state index >= 15 is 0 Å². The van der Waals surface area contributed by atoms with Crippen LogP contribution in [0.25, 0.3) is 0 Å². The number of ether oxygens (including phenoxy) is 2. The number of hydrogen-bond donors (Lipinski definition) is 2. The van der Waals surface area contributed by atoms with Gasteiger partial charge in [-0.3, -0.25) is 0 Å². The van der Waals surface area contributed by atoms with Gasteiger partial charge in [0.25, 0.3) is 0 Å². The Balaban J connectivity index is 2.40. The number of nitrogens with zero attached hydrogens (tertiary/aromatic N) is 1. The van der Waals surface area contributed by atoms with Crippen LogP contribution in [0.15, 0.2) is 18.3 Å². The van der Waals surface area contributed by atoms with Crippen LogP contribution in [-0.4, -0.2) is 43.6 Å². The summed E-state index contributed by atoms with van der Waals surface area (Å²) in [4.78, 5) is 4.09. The molecule has 16 heavy (non-hydrogen) atoms. The maximum atomic E-state index is 9.04. The fourth-order valence-corrected chi connectivity index (χ4v) is 1.28. The predicted octanol–water partition coefficient (Wildman–Crippen LogP) is 0.187. The molecule has 0 aliphatic carbocycles. The summed E-state index contributed by atoms with van der Waals surface area (Å²) in [5.41, 5.74) is 1.04. The van der Waals surface area contributed by atoms with Gasteiger partial charge in [-0.2, -0.15) is 0 Å². The molecule has 0 saturated carbocycles. The molecule has 0 saturated heterocycles. The zero-order valence-corrected chi connectivity index (χ0v) is 9.64. The Hall–Kier alpha value is -1.17. The van der Waals surface area contributed by atoms with Crippen LogP contribution in [0.5, 0.6) is 5.88 Å². The second-order valence-electron chi connectivity index (χ2n) is 3.42. The minimum atomic E-state index is -0.0490. The largest absolute Gasteiger partial charge is 0.481 e. The van der Waals surface area contributed by atoms with Gasteiger partial charge in [0.15, 0.2) is 0 Å². The Labute approximate surface area is 95.4 Å². The number of aliphatic hydroxyl groups is 1. The van der Waals surface area contributed by atoms with Crippen molar-refractivity contribution in [3.05, 3.63) is 23.9 Å². The lowest BCUT2D eigenvalue weighted by Gasteiger charge is -2.14. The summed E-state index contributed by atoms with van der Waals surface area (Å²) in [6.07, 6.45) is 1.74. The second-order valence-corrected chi connectivity index (χ2v) is 3.42. The maximum absolute atomic E-state index is 9.04. The third-order valence-corrected chi connectivity index (χ3v) is 2.19. The number of hydrogen-bond acceptors (Lipinski definition) is 5. The molecule has 1 rings (SSSR count). The molecule has 1 unspecified atom stereocenters. The van der Waals surface area contributed by atoms with E-state index in [2.05, 4.69) is 10.3 Å². The quantitative estimate of drug-likeness (QED) is 0.694. The molecule has 0 spiro atoms. The van der Waals surface area contributed by atoms with Crippen LogP contribution in [-0.2, 0) is 11.3 Å². The molecule has 2 N–H and O–H groups in total. The van der Waals surface area contributed by atoms with Crippen molar-refractivity contribution in [3.8, 4) is 5.88 Å². The van der Waals surface area contributed by atoms with Crippen molar-refractivity contribution in [2.24, 2.45) is 0 Å². The van der Waals surface area contributed by atoms with Crippen molar-refractivity contribution in [2.45, 2.75) is 12.6 Å². The molecule has 90 valence electrons. The highest BCUT2D eigenvalue weighted by molar-refractivity contribution is 5.17. The van der Waals surface area contributed by atoms with Gasteiger partial charge in [-0.05, 0) is 5.56 Å². The average molecular weight is 226 g/mol. The van der Waals surface area contributed by atoms with Gasteiger partial charge in [0.05, 0.1) is 26.4 Å². The van der Waals surface area contributed by atoms with Crippen LogP contribution in [0.4, 0.5) is 0 Å². The molecule has 0 amide bonds. The minimum Gasteiger partial charge on any atom is -0.481 e. The summed E-state index contributed by atoms with van der Waals surface area (Å²) in [6.45, 7) is 1.18. The van der Waals surface area contributed by atoms with Crippen LogP contribution in [0, 0.1) is 0 Å². The van der Waals surface area contributed by atoms with Gasteiger partial charge in [-0.1, -0.05) is 6.07 Å². The molecule has 0 fully saturated rings. The van der Waals surface area contributed by atoms with Gasteiger partial charge in [0.2, 0.25) is 5.88 Å². The summed E-state index contributed by atoms with van der Waals surface area (Å²) >= 11 is 0. The van der Waals surface area contributed by atoms with Crippen molar-refractivity contribution in [3.63, 3.8) is 0 Å². The van der Waals surface area contributed by atoms with Crippen LogP contribution >= 0.6 is 0 Å². The Bertz CT molecular complexity index is 290. The Morgan fingerprint density at radius 1 is 1.44 bits per heavy atom. The summed E-state index contributed by atoms with van der Waals surface area (Å²) in [7, 11) is 3.19. The van der Waals surface area contributed by atoms with Gasteiger partial charge < -0.3 is 19.9 Å². The topological polar surface area (TPSA) is 63.6 Å². The Morgan fingerprint density at radius 3 is 2.75 bits per heavy atom. The van der Waals surface area contributed by atoms with E-state index in [1.807, 2.05) is 6.07 Å². The second kappa shape index (κ2) is 7.16. The summed E-state index contributed by atoms with van der Waals surface area (Å²) in [5, 5.41) is 12.2. The van der Waals surface area contributed by atoms with E-state index in [-0.39, 0.29) is 12.6 Å². The van der Waals surface area contributed by atoms with Crippen molar-refractivity contribution in [2.75, 3.05) is 27.4 Å². The highest BCUT2D eigenvalue weighted by Crippen LogP contribution is 2.06. The first kappa shape index (κ1) is 12.9. The van der Waals surface area contributed by atoms with Crippen molar-refractivity contribution in [1.82, 2.24) is 10.3 Å². The molecular weight excluding hydrogens is 208 g/mol. The highest BCUT2D eigenvalue weighted by Gasteiger charge is 2.05. The number of rotatable bonds is 7. The van der Waals surface area contributed by atoms with E-state index in [1.54, 1.807) is 26.5 Å². The van der Waals surface area contributed by atoms with E-state index in [0.29, 0.717) is 19.0 Å². The van der Waals surface area contributed by atoms with Crippen LogP contribution in [0.1, 0.15) is 5.56 Å². The molecule has 0 aliphatic rings. The van der Waals surface area contributed by atoms with Gasteiger partial charge in [-0.25, -0.2) is 4.98 Å². The summed E-state index contributed by atoms with van der Waals surface area (Å²) < 4.78 is 9.92. The first-order valence-electron chi connectivity index (χ1n) is 5.12. The smallest absolute Gasteiger partial charge is 0.212 e. The van der Waals surface area contributed by atoms with Crippen LogP contribution < -0.4 is 10.1 Å². The maximum Gasteiger partial charge on any atom is 0.212 e. The standard InChI is InChI=1S/C11H18N2O3/c1-15-8-10(7-14)12-5-9-3-4-11(16-2)13-6-9/h3-4,6,10,12,14H,5,7-8H2,1-2H3. The molecule has 0 aromatic carbocycles. The van der Waals surface area contributed by atoms with E-state index in [0.717, 1.165) is 5.56 Å². The molecule has 5 nitrogen and oxygen atoms in total. The zero-order valence-electron chi connectivity index (χ0n) is 9.64. The van der Waals surface area contributed by atoms with E-state index in [9.17, 15) is 0 Å². The van der Waals surface area contributed by atoms with Crippen LogP contribution in [0.2, 0.25) is 0 Å². The lowest BCUT2D eigenvalue weighted by Crippen LogP contribution is -2.35. The molecule has 0 aliphatic heterocycles. The number of pyridine rings is 1. The lowest BCUT2D eigenvalue weighted by molar-refractivity contribution is 0.128. The fraction of sp³-hybridized carbons (Fsp3) is 0.545. The SMILES string of the molecule is COCC(CO)NCc1ccc(OC)nc1. The number of aromatic nitrogens is 1. The van der Waals surface area contributed by atoms with E-state index in [4.69, 9.17) is 14.6 Å². The molecular formula is C11H18N2O3. The fourth-order valence-electron chi connectivity index (χ4n) is 1.28. The first-order chi connectivity index (χ1) is 7.80. The zero-order chi connectivity index (χ0) is 11.8. The van der Waals surface area contributed by atoms with Crippen LogP contribution in [0.3, 0.4) is 0 Å². The van der Waals surface area contributed by atoms with Crippen molar-refractivity contribution in [1.29, 1.82) is 0 Å². The molecule has 1 aromatic rings. The summed E-state index contributed by atoms with van der Waals surface area (Å²) in [5.74, 6) is 0.597. The van der Waals surface area contributed by atoms with Gasteiger partial charge in [-0.15, -0.1) is 0 Å². The molecule has 0 bridgehead atoms. The monoisotopic (exact) mass is 226 g/mol. The lowest BCUT2D eigenvalue weighted by atomic mass is 10.2. The first-order valence-corrected chi connectivity index (χ1v) is 5.12. The number of nitrogens with one attached hydrogen (secondary N) is 1. The predicted molar refractivity (Wildman–Crippen MR) is 60.4 cm³/mol. The molecule has 1 atom stereocenters. The summed E-state index contributed by atoms with van der Waals surface area (Å²) in [6, 6.07) is 3.69. The van der Waals surface area contributed by atoms with E-state index < -0.39 is 0 Å². The van der Waals surface area contributed by atoms with Crippen molar-refractivity contribution < 1.29 is 14.6 Å². The Morgan fingerprint density at radius 2 is 2.25 bits per heavy atom. The third-order valence-electron chi connectivity index (χ3n) is 2.19. The van der Waals surface area contributed by atoms with Crippen molar-refractivity contribution >= 4 is 0 Å². The third kappa shape index (κ3) is 4.14. The molecule has 5 heteroatoms. The van der Waals surface area contributed by atoms with Gasteiger partial charge in [0.1, 0.15) is 0 Å². The Kier molecular flexibility index (Phi) is 5.77. The normalized spacial score (nSPS) is 12.4.